The van der Waals surface area contributed by atoms with E-state index in [1.807, 2.05) is 0 Å². The molecule has 19 heavy (non-hydrogen) atoms. The summed E-state index contributed by atoms with van der Waals surface area (Å²) in [6, 6.07) is 3.89. The summed E-state index contributed by atoms with van der Waals surface area (Å²) >= 11 is 5.73. The molecule has 0 unspecified atom stereocenters. The number of rotatable bonds is 6. The summed E-state index contributed by atoms with van der Waals surface area (Å²) < 4.78 is 0. The molecule has 0 aliphatic rings. The number of amides is 1. The molecule has 0 aromatic heterocycles. The fraction of sp³-hybridized carbons (Fsp3) is 0.364. The molecule has 106 valence electrons. The Labute approximate surface area is 121 Å². The number of nitrogens with one attached hydrogen (secondary N) is 1. The molecule has 0 atom stereocenters. The normalized spacial score (nSPS) is 9.58. The monoisotopic (exact) mass is 307 g/mol. The zero-order valence-corrected chi connectivity index (χ0v) is 11.7. The van der Waals surface area contributed by atoms with Crippen LogP contribution in [0, 0.1) is 10.1 Å². The van der Waals surface area contributed by atoms with Crippen LogP contribution in [0.4, 0.5) is 5.69 Å². The number of nitro groups is 1. The maximum absolute atomic E-state index is 11.8. The summed E-state index contributed by atoms with van der Waals surface area (Å²) in [6.07, 6.45) is 1.52. The zero-order valence-electron chi connectivity index (χ0n) is 10.1. The van der Waals surface area contributed by atoms with Crippen molar-refractivity contribution in [2.75, 3.05) is 13.1 Å². The number of hydrogen-bond donors (Lipinski definition) is 2. The van der Waals surface area contributed by atoms with E-state index in [9.17, 15) is 14.9 Å². The number of carbonyl (C=O) groups excluding carboxylic acids is 1. The fourth-order valence-electron chi connectivity index (χ4n) is 1.42. The van der Waals surface area contributed by atoms with Crippen molar-refractivity contribution in [2.24, 2.45) is 5.73 Å². The lowest BCUT2D eigenvalue weighted by atomic mass is 10.1. The van der Waals surface area contributed by atoms with Crippen molar-refractivity contribution in [3.05, 3.63) is 38.9 Å². The molecule has 0 heterocycles. The minimum atomic E-state index is -0.606. The third-order valence-electron chi connectivity index (χ3n) is 2.32. The van der Waals surface area contributed by atoms with E-state index in [1.54, 1.807) is 0 Å². The van der Waals surface area contributed by atoms with Gasteiger partial charge in [0.25, 0.3) is 11.6 Å². The van der Waals surface area contributed by atoms with E-state index < -0.39 is 10.8 Å². The summed E-state index contributed by atoms with van der Waals surface area (Å²) in [5.74, 6) is -0.499. The van der Waals surface area contributed by atoms with Crippen molar-refractivity contribution < 1.29 is 9.72 Å². The van der Waals surface area contributed by atoms with Gasteiger partial charge in [-0.15, -0.1) is 12.4 Å². The Bertz CT molecular complexity index is 455. The average Bonchev–Trinajstić information content (AvgIpc) is 2.34. The highest BCUT2D eigenvalue weighted by atomic mass is 35.5. The smallest absolute Gasteiger partial charge is 0.282 e. The first-order valence-corrected chi connectivity index (χ1v) is 5.86. The van der Waals surface area contributed by atoms with Gasteiger partial charge in [0.15, 0.2) is 0 Å². The van der Waals surface area contributed by atoms with Crippen LogP contribution in [0.2, 0.25) is 5.02 Å². The van der Waals surface area contributed by atoms with Gasteiger partial charge in [0.05, 0.1) is 4.92 Å². The number of nitrogens with two attached hydrogens (primary N) is 1. The predicted molar refractivity (Wildman–Crippen MR) is 76.0 cm³/mol. The summed E-state index contributed by atoms with van der Waals surface area (Å²) in [7, 11) is 0. The molecule has 0 aliphatic heterocycles. The van der Waals surface area contributed by atoms with Gasteiger partial charge in [0.2, 0.25) is 0 Å². The summed E-state index contributed by atoms with van der Waals surface area (Å²) in [4.78, 5) is 22.0. The Balaban J connectivity index is 0.00000324. The van der Waals surface area contributed by atoms with Crippen LogP contribution in [0.25, 0.3) is 0 Å². The lowest BCUT2D eigenvalue weighted by molar-refractivity contribution is -0.385. The molecule has 1 aromatic carbocycles. The first kappa shape index (κ1) is 17.6. The predicted octanol–water partition coefficient (Wildman–Crippen LogP) is 2.14. The van der Waals surface area contributed by atoms with E-state index in [4.69, 9.17) is 17.3 Å². The van der Waals surface area contributed by atoms with E-state index in [1.165, 1.54) is 18.2 Å². The first-order valence-electron chi connectivity index (χ1n) is 5.48. The van der Waals surface area contributed by atoms with Gasteiger partial charge in [-0.3, -0.25) is 14.9 Å². The minimum Gasteiger partial charge on any atom is -0.352 e. The Morgan fingerprint density at radius 1 is 1.42 bits per heavy atom. The van der Waals surface area contributed by atoms with Crippen LogP contribution in [0.15, 0.2) is 18.2 Å². The van der Waals surface area contributed by atoms with Crippen LogP contribution in [0.1, 0.15) is 23.2 Å². The number of nitro benzene ring substituents is 1. The molecule has 1 aromatic rings. The highest BCUT2D eigenvalue weighted by Crippen LogP contribution is 2.22. The molecule has 6 nitrogen and oxygen atoms in total. The van der Waals surface area contributed by atoms with Gasteiger partial charge in [0, 0.05) is 17.6 Å². The number of carbonyl (C=O) groups is 1. The standard InChI is InChI=1S/C11H14ClN3O3.ClH/c12-8-3-4-10(15(17)18)9(7-8)11(16)14-6-2-1-5-13;/h3-4,7H,1-2,5-6,13H2,(H,14,16);1H. The van der Waals surface area contributed by atoms with Gasteiger partial charge in [-0.25, -0.2) is 0 Å². The van der Waals surface area contributed by atoms with Crippen LogP contribution in [-0.2, 0) is 0 Å². The van der Waals surface area contributed by atoms with Crippen molar-refractivity contribution in [1.82, 2.24) is 5.32 Å². The number of halogens is 2. The van der Waals surface area contributed by atoms with Crippen LogP contribution < -0.4 is 11.1 Å². The Hall–Kier alpha value is -1.37. The van der Waals surface area contributed by atoms with Crippen LogP contribution >= 0.6 is 24.0 Å². The summed E-state index contributed by atoms with van der Waals surface area (Å²) in [5, 5.41) is 13.7. The van der Waals surface area contributed by atoms with Gasteiger partial charge in [-0.05, 0) is 31.5 Å². The summed E-state index contributed by atoms with van der Waals surface area (Å²) in [5.41, 5.74) is 5.04. The molecule has 3 N–H and O–H groups in total. The van der Waals surface area contributed by atoms with E-state index in [2.05, 4.69) is 5.32 Å². The second-order valence-corrected chi connectivity index (χ2v) is 4.11. The molecule has 0 aliphatic carbocycles. The van der Waals surface area contributed by atoms with Crippen LogP contribution in [-0.4, -0.2) is 23.9 Å². The van der Waals surface area contributed by atoms with Crippen molar-refractivity contribution in [3.8, 4) is 0 Å². The SMILES string of the molecule is Cl.NCCCCNC(=O)c1cc(Cl)ccc1[N+](=O)[O-]. The molecule has 0 radical (unpaired) electrons. The van der Waals surface area contributed by atoms with Crippen molar-refractivity contribution in [1.29, 1.82) is 0 Å². The number of unbranched alkanes of at least 4 members (excludes halogenated alkanes) is 1. The lowest BCUT2D eigenvalue weighted by Crippen LogP contribution is -2.25. The van der Waals surface area contributed by atoms with Gasteiger partial charge in [-0.2, -0.15) is 0 Å². The van der Waals surface area contributed by atoms with Gasteiger partial charge in [-0.1, -0.05) is 11.6 Å². The second kappa shape index (κ2) is 8.68. The van der Waals surface area contributed by atoms with E-state index >= 15 is 0 Å². The van der Waals surface area contributed by atoms with E-state index in [-0.39, 0.29) is 28.7 Å². The number of nitrogens with zero attached hydrogens (tertiary/aromatic N) is 1. The highest BCUT2D eigenvalue weighted by molar-refractivity contribution is 6.31. The third kappa shape index (κ3) is 5.42. The van der Waals surface area contributed by atoms with Crippen molar-refractivity contribution in [3.63, 3.8) is 0 Å². The maximum Gasteiger partial charge on any atom is 0.282 e. The van der Waals surface area contributed by atoms with E-state index in [0.717, 1.165) is 12.8 Å². The molecule has 1 amide bonds. The molecule has 0 saturated heterocycles. The molecule has 1 rings (SSSR count). The van der Waals surface area contributed by atoms with Gasteiger partial charge < -0.3 is 11.1 Å². The highest BCUT2D eigenvalue weighted by Gasteiger charge is 2.19. The maximum atomic E-state index is 11.8. The molecule has 0 saturated carbocycles. The Kier molecular flexibility index (Phi) is 8.06. The molecule has 0 fully saturated rings. The van der Waals surface area contributed by atoms with Crippen LogP contribution in [0.3, 0.4) is 0 Å². The lowest BCUT2D eigenvalue weighted by Gasteiger charge is -2.05. The van der Waals surface area contributed by atoms with Gasteiger partial charge in [0.1, 0.15) is 5.56 Å². The fourth-order valence-corrected chi connectivity index (χ4v) is 1.59. The Morgan fingerprint density at radius 3 is 2.68 bits per heavy atom. The largest absolute Gasteiger partial charge is 0.352 e. The molecule has 0 spiro atoms. The topological polar surface area (TPSA) is 98.3 Å². The van der Waals surface area contributed by atoms with Gasteiger partial charge >= 0.3 is 0 Å². The van der Waals surface area contributed by atoms with E-state index in [0.29, 0.717) is 13.1 Å². The molecule has 8 heteroatoms. The second-order valence-electron chi connectivity index (χ2n) is 3.67. The number of hydrogen-bond acceptors (Lipinski definition) is 4. The quantitative estimate of drug-likeness (QED) is 0.478. The zero-order chi connectivity index (χ0) is 13.5. The average molecular weight is 308 g/mol. The molecular formula is C11H15Cl2N3O3. The third-order valence-corrected chi connectivity index (χ3v) is 2.55. The number of benzene rings is 1. The minimum absolute atomic E-state index is 0. The molecular weight excluding hydrogens is 293 g/mol. The summed E-state index contributed by atoms with van der Waals surface area (Å²) in [6.45, 7) is 0.979. The van der Waals surface area contributed by atoms with Crippen molar-refractivity contribution in [2.45, 2.75) is 12.8 Å². The first-order chi connectivity index (χ1) is 8.56. The Morgan fingerprint density at radius 2 is 2.11 bits per heavy atom. The molecule has 0 bridgehead atoms. The van der Waals surface area contributed by atoms with Crippen LogP contribution in [0.5, 0.6) is 0 Å². The van der Waals surface area contributed by atoms with Crippen molar-refractivity contribution >= 4 is 35.6 Å².